The highest BCUT2D eigenvalue weighted by atomic mass is 16.5. The van der Waals surface area contributed by atoms with E-state index in [1.807, 2.05) is 36.4 Å². The molecule has 0 spiro atoms. The van der Waals surface area contributed by atoms with Crippen LogP contribution in [0, 0.1) is 0 Å². The lowest BCUT2D eigenvalue weighted by Crippen LogP contribution is -2.11. The summed E-state index contributed by atoms with van der Waals surface area (Å²) in [5.41, 5.74) is 0.882. The summed E-state index contributed by atoms with van der Waals surface area (Å²) in [5.74, 6) is -0.320. The summed E-state index contributed by atoms with van der Waals surface area (Å²) < 4.78 is 5.44. The monoisotopic (exact) mass is 290 g/mol. The van der Waals surface area contributed by atoms with E-state index in [2.05, 4.69) is 0 Å². The van der Waals surface area contributed by atoms with Crippen molar-refractivity contribution in [2.75, 3.05) is 0 Å². The van der Waals surface area contributed by atoms with Crippen molar-refractivity contribution in [2.24, 2.45) is 0 Å². The van der Waals surface area contributed by atoms with E-state index in [1.165, 1.54) is 6.92 Å². The van der Waals surface area contributed by atoms with Crippen molar-refractivity contribution in [3.63, 3.8) is 0 Å². The maximum atomic E-state index is 12.5. The van der Waals surface area contributed by atoms with Crippen LogP contribution < -0.4 is 4.74 Å². The minimum Gasteiger partial charge on any atom is -0.422 e. The molecule has 3 nitrogen and oxygen atoms in total. The van der Waals surface area contributed by atoms with Gasteiger partial charge < -0.3 is 4.74 Å². The van der Waals surface area contributed by atoms with Crippen LogP contribution in [0.4, 0.5) is 0 Å². The summed E-state index contributed by atoms with van der Waals surface area (Å²) in [6, 6.07) is 19.8. The van der Waals surface area contributed by atoms with Crippen molar-refractivity contribution in [1.29, 1.82) is 0 Å². The van der Waals surface area contributed by atoms with Crippen LogP contribution in [0.5, 0.6) is 5.75 Å². The molecule has 108 valence electrons. The molecule has 0 amide bonds. The van der Waals surface area contributed by atoms with Crippen LogP contribution in [-0.2, 0) is 0 Å². The lowest BCUT2D eigenvalue weighted by Gasteiger charge is -2.09. The third kappa shape index (κ3) is 2.61. The number of hydrogen-bond acceptors (Lipinski definition) is 3. The van der Waals surface area contributed by atoms with Gasteiger partial charge in [0.1, 0.15) is 5.75 Å². The molecule has 0 fully saturated rings. The topological polar surface area (TPSA) is 43.4 Å². The van der Waals surface area contributed by atoms with Crippen molar-refractivity contribution in [3.05, 3.63) is 77.9 Å². The lowest BCUT2D eigenvalue weighted by molar-refractivity contribution is 0.0735. The molecule has 3 heteroatoms. The fourth-order valence-corrected chi connectivity index (χ4v) is 2.40. The van der Waals surface area contributed by atoms with E-state index in [9.17, 15) is 9.59 Å². The van der Waals surface area contributed by atoms with Crippen LogP contribution in [-0.4, -0.2) is 11.8 Å². The van der Waals surface area contributed by atoms with Gasteiger partial charge in [-0.1, -0.05) is 48.5 Å². The molecule has 22 heavy (non-hydrogen) atoms. The molecule has 0 saturated carbocycles. The number of esters is 1. The first-order chi connectivity index (χ1) is 10.7. The van der Waals surface area contributed by atoms with E-state index in [4.69, 9.17) is 4.74 Å². The van der Waals surface area contributed by atoms with Gasteiger partial charge >= 0.3 is 5.97 Å². The Hall–Kier alpha value is -2.94. The first kappa shape index (κ1) is 14.0. The van der Waals surface area contributed by atoms with Gasteiger partial charge in [-0.3, -0.25) is 4.79 Å². The zero-order valence-electron chi connectivity index (χ0n) is 12.1. The minimum atomic E-state index is -0.467. The Morgan fingerprint density at radius 3 is 2.23 bits per heavy atom. The molecule has 0 heterocycles. The summed E-state index contributed by atoms with van der Waals surface area (Å²) in [7, 11) is 0. The van der Waals surface area contributed by atoms with Crippen LogP contribution in [0.25, 0.3) is 10.8 Å². The normalized spacial score (nSPS) is 10.4. The average Bonchev–Trinajstić information content (AvgIpc) is 2.54. The summed E-state index contributed by atoms with van der Waals surface area (Å²) in [6.45, 7) is 1.45. The molecule has 0 N–H and O–H groups in total. The molecule has 3 aromatic carbocycles. The quantitative estimate of drug-likeness (QED) is 0.411. The first-order valence-corrected chi connectivity index (χ1v) is 6.97. The number of ketones is 1. The molecule has 0 saturated heterocycles. The fourth-order valence-electron chi connectivity index (χ4n) is 2.40. The lowest BCUT2D eigenvalue weighted by atomic mass is 10.0. The maximum absolute atomic E-state index is 12.5. The molecule has 3 rings (SSSR count). The van der Waals surface area contributed by atoms with E-state index in [1.54, 1.807) is 30.3 Å². The Morgan fingerprint density at radius 1 is 0.773 bits per heavy atom. The van der Waals surface area contributed by atoms with Gasteiger partial charge in [-0.2, -0.15) is 0 Å². The highest BCUT2D eigenvalue weighted by Crippen LogP contribution is 2.23. The summed E-state index contributed by atoms with van der Waals surface area (Å²) >= 11 is 0. The summed E-state index contributed by atoms with van der Waals surface area (Å²) in [4.78, 5) is 24.1. The molecule has 3 aromatic rings. The van der Waals surface area contributed by atoms with Gasteiger partial charge in [0.25, 0.3) is 0 Å². The van der Waals surface area contributed by atoms with E-state index < -0.39 is 5.97 Å². The molecule has 0 radical (unpaired) electrons. The van der Waals surface area contributed by atoms with E-state index in [0.29, 0.717) is 11.1 Å². The van der Waals surface area contributed by atoms with Gasteiger partial charge in [0, 0.05) is 0 Å². The van der Waals surface area contributed by atoms with Crippen LogP contribution in [0.1, 0.15) is 27.6 Å². The molecule has 0 unspecified atom stereocenters. The summed E-state index contributed by atoms with van der Waals surface area (Å²) in [6.07, 6.45) is 0. The Balaban J connectivity index is 2.00. The molecule has 0 atom stereocenters. The molecular formula is C19H14O3. The van der Waals surface area contributed by atoms with Crippen LogP contribution >= 0.6 is 0 Å². The SMILES string of the molecule is CC(=O)c1ccccc1OC(=O)c1cccc2ccccc12. The van der Waals surface area contributed by atoms with Gasteiger partial charge in [0.2, 0.25) is 0 Å². The number of rotatable bonds is 3. The number of para-hydroxylation sites is 1. The van der Waals surface area contributed by atoms with Crippen LogP contribution in [0.15, 0.2) is 66.7 Å². The van der Waals surface area contributed by atoms with Crippen molar-refractivity contribution in [2.45, 2.75) is 6.92 Å². The standard InChI is InChI=1S/C19H14O3/c1-13(20)15-9-4-5-12-18(15)22-19(21)17-11-6-8-14-7-2-3-10-16(14)17/h2-12H,1H3. The second kappa shape index (κ2) is 5.82. The molecule has 0 bridgehead atoms. The van der Waals surface area contributed by atoms with E-state index in [-0.39, 0.29) is 11.5 Å². The van der Waals surface area contributed by atoms with Gasteiger partial charge in [-0.25, -0.2) is 4.79 Å². The number of ether oxygens (including phenoxy) is 1. The third-order valence-electron chi connectivity index (χ3n) is 3.48. The molecular weight excluding hydrogens is 276 g/mol. The predicted molar refractivity (Wildman–Crippen MR) is 85.4 cm³/mol. The van der Waals surface area contributed by atoms with Gasteiger partial charge in [0.15, 0.2) is 5.78 Å². The number of carbonyl (C=O) groups is 2. The van der Waals surface area contributed by atoms with Crippen LogP contribution in [0.3, 0.4) is 0 Å². The summed E-state index contributed by atoms with van der Waals surface area (Å²) in [5, 5.41) is 1.80. The van der Waals surface area contributed by atoms with Crippen molar-refractivity contribution in [1.82, 2.24) is 0 Å². The van der Waals surface area contributed by atoms with Gasteiger partial charge in [-0.15, -0.1) is 0 Å². The van der Waals surface area contributed by atoms with Gasteiger partial charge in [-0.05, 0) is 35.9 Å². The second-order valence-corrected chi connectivity index (χ2v) is 4.97. The highest BCUT2D eigenvalue weighted by Gasteiger charge is 2.15. The largest absolute Gasteiger partial charge is 0.422 e. The maximum Gasteiger partial charge on any atom is 0.344 e. The number of hydrogen-bond donors (Lipinski definition) is 0. The number of fused-ring (bicyclic) bond motifs is 1. The van der Waals surface area contributed by atoms with Crippen molar-refractivity contribution < 1.29 is 14.3 Å². The minimum absolute atomic E-state index is 0.138. The Kier molecular flexibility index (Phi) is 3.71. The number of Topliss-reactive ketones (excluding diaryl/α,β-unsaturated/α-hetero) is 1. The fraction of sp³-hybridized carbons (Fsp3) is 0.0526. The van der Waals surface area contributed by atoms with E-state index in [0.717, 1.165) is 10.8 Å². The first-order valence-electron chi connectivity index (χ1n) is 6.97. The Morgan fingerprint density at radius 2 is 1.41 bits per heavy atom. The van der Waals surface area contributed by atoms with Gasteiger partial charge in [0.05, 0.1) is 11.1 Å². The predicted octanol–water partition coefficient (Wildman–Crippen LogP) is 4.26. The molecule has 0 aliphatic carbocycles. The smallest absolute Gasteiger partial charge is 0.344 e. The van der Waals surface area contributed by atoms with Crippen molar-refractivity contribution >= 4 is 22.5 Å². The zero-order chi connectivity index (χ0) is 15.5. The molecule has 0 aliphatic rings. The molecule has 0 aliphatic heterocycles. The van der Waals surface area contributed by atoms with Crippen molar-refractivity contribution in [3.8, 4) is 5.75 Å². The molecule has 0 aromatic heterocycles. The number of carbonyl (C=O) groups excluding carboxylic acids is 2. The second-order valence-electron chi connectivity index (χ2n) is 4.97. The van der Waals surface area contributed by atoms with Crippen LogP contribution in [0.2, 0.25) is 0 Å². The van der Waals surface area contributed by atoms with E-state index >= 15 is 0 Å². The number of benzene rings is 3. The Bertz CT molecular complexity index is 860. The average molecular weight is 290 g/mol. The highest BCUT2D eigenvalue weighted by molar-refractivity contribution is 6.06. The Labute approximate surface area is 128 Å². The third-order valence-corrected chi connectivity index (χ3v) is 3.48. The zero-order valence-corrected chi connectivity index (χ0v) is 12.1.